The van der Waals surface area contributed by atoms with Crippen LogP contribution >= 0.6 is 11.3 Å². The number of carbonyl (C=O) groups is 1. The lowest BCUT2D eigenvalue weighted by Gasteiger charge is -2.37. The lowest BCUT2D eigenvalue weighted by molar-refractivity contribution is 0.0751. The fourth-order valence-electron chi connectivity index (χ4n) is 5.03. The molecule has 2 fully saturated rings. The second-order valence-electron chi connectivity index (χ2n) is 9.24. The van der Waals surface area contributed by atoms with Crippen LogP contribution in [0.15, 0.2) is 54.6 Å². The highest BCUT2D eigenvalue weighted by Gasteiger charge is 2.27. The van der Waals surface area contributed by atoms with Gasteiger partial charge in [-0.2, -0.15) is 0 Å². The predicted molar refractivity (Wildman–Crippen MR) is 140 cm³/mol. The number of piperazine rings is 1. The average Bonchev–Trinajstić information content (AvgIpc) is 3.32. The van der Waals surface area contributed by atoms with Gasteiger partial charge in [0.15, 0.2) is 0 Å². The second-order valence-corrected chi connectivity index (χ2v) is 10.3. The van der Waals surface area contributed by atoms with Crippen LogP contribution in [0.4, 0.5) is 10.7 Å². The van der Waals surface area contributed by atoms with Crippen LogP contribution in [-0.4, -0.2) is 50.1 Å². The molecule has 2 aromatic carbocycles. The Morgan fingerprint density at radius 2 is 1.52 bits per heavy atom. The first-order chi connectivity index (χ1) is 16.1. The molecule has 5 heteroatoms. The Morgan fingerprint density at radius 3 is 2.24 bits per heavy atom. The van der Waals surface area contributed by atoms with Gasteiger partial charge in [-0.1, -0.05) is 42.5 Å². The summed E-state index contributed by atoms with van der Waals surface area (Å²) >= 11 is 1.69. The number of piperidine rings is 1. The van der Waals surface area contributed by atoms with Crippen molar-refractivity contribution in [3.63, 3.8) is 0 Å². The monoisotopic (exact) mass is 459 g/mol. The van der Waals surface area contributed by atoms with Crippen LogP contribution in [0.1, 0.15) is 40.1 Å². The number of rotatable bonds is 4. The number of thiophene rings is 1. The standard InChI is InChI=1S/C28H33N3OS/c1-21-10-9-13-25(22(21)2)29-16-18-30(19-17-29)27(32)26-20-24(23-11-5-3-6-12-23)28(33-26)31-14-7-4-8-15-31/h3,5-6,9-13,20H,4,7-8,14-19H2,1-2H3. The molecule has 1 aromatic heterocycles. The van der Waals surface area contributed by atoms with Gasteiger partial charge in [0.05, 0.1) is 9.88 Å². The van der Waals surface area contributed by atoms with Crippen molar-refractivity contribution >= 4 is 27.9 Å². The van der Waals surface area contributed by atoms with E-state index in [-0.39, 0.29) is 5.91 Å². The molecule has 0 aliphatic carbocycles. The molecule has 0 atom stereocenters. The molecular weight excluding hydrogens is 426 g/mol. The van der Waals surface area contributed by atoms with Crippen molar-refractivity contribution in [3.8, 4) is 11.1 Å². The summed E-state index contributed by atoms with van der Waals surface area (Å²) in [6.07, 6.45) is 3.77. The molecule has 0 N–H and O–H groups in total. The maximum absolute atomic E-state index is 13.5. The SMILES string of the molecule is Cc1cccc(N2CCN(C(=O)c3cc(-c4ccccc4)c(N4CCCCC4)s3)CC2)c1C. The molecule has 2 aliphatic heterocycles. The topological polar surface area (TPSA) is 26.8 Å². The van der Waals surface area contributed by atoms with Gasteiger partial charge < -0.3 is 14.7 Å². The molecular formula is C28H33N3OS. The molecule has 0 radical (unpaired) electrons. The van der Waals surface area contributed by atoms with Gasteiger partial charge in [0, 0.05) is 50.5 Å². The van der Waals surface area contributed by atoms with E-state index in [4.69, 9.17) is 0 Å². The normalized spacial score (nSPS) is 16.8. The van der Waals surface area contributed by atoms with Gasteiger partial charge >= 0.3 is 0 Å². The van der Waals surface area contributed by atoms with E-state index in [9.17, 15) is 4.79 Å². The van der Waals surface area contributed by atoms with Crippen LogP contribution in [0.5, 0.6) is 0 Å². The van der Waals surface area contributed by atoms with Gasteiger partial charge in [0.2, 0.25) is 0 Å². The Morgan fingerprint density at radius 1 is 0.788 bits per heavy atom. The van der Waals surface area contributed by atoms with E-state index in [0.717, 1.165) is 44.1 Å². The number of hydrogen-bond acceptors (Lipinski definition) is 4. The van der Waals surface area contributed by atoms with Gasteiger partial charge in [-0.3, -0.25) is 4.79 Å². The Balaban J connectivity index is 1.35. The molecule has 5 rings (SSSR count). The van der Waals surface area contributed by atoms with Gasteiger partial charge in [0.25, 0.3) is 5.91 Å². The molecule has 3 aromatic rings. The molecule has 3 heterocycles. The van der Waals surface area contributed by atoms with Crippen molar-refractivity contribution in [3.05, 3.63) is 70.6 Å². The Bertz CT molecular complexity index is 1110. The minimum atomic E-state index is 0.182. The summed E-state index contributed by atoms with van der Waals surface area (Å²) in [7, 11) is 0. The molecule has 172 valence electrons. The average molecular weight is 460 g/mol. The number of anilines is 2. The van der Waals surface area contributed by atoms with Crippen LogP contribution in [0, 0.1) is 13.8 Å². The molecule has 0 saturated carbocycles. The molecule has 1 amide bonds. The van der Waals surface area contributed by atoms with Crippen LogP contribution in [0.25, 0.3) is 11.1 Å². The number of amides is 1. The van der Waals surface area contributed by atoms with Crippen molar-refractivity contribution in [1.29, 1.82) is 0 Å². The zero-order valence-corrected chi connectivity index (χ0v) is 20.5. The van der Waals surface area contributed by atoms with Crippen molar-refractivity contribution in [2.45, 2.75) is 33.1 Å². The highest BCUT2D eigenvalue weighted by molar-refractivity contribution is 7.18. The lowest BCUT2D eigenvalue weighted by Crippen LogP contribution is -2.48. The van der Waals surface area contributed by atoms with E-state index in [1.165, 1.54) is 52.2 Å². The van der Waals surface area contributed by atoms with Gasteiger partial charge in [0.1, 0.15) is 0 Å². The number of benzene rings is 2. The van der Waals surface area contributed by atoms with Crippen molar-refractivity contribution in [1.82, 2.24) is 4.90 Å². The van der Waals surface area contributed by atoms with Crippen molar-refractivity contribution in [2.24, 2.45) is 0 Å². The summed E-state index contributed by atoms with van der Waals surface area (Å²) in [5, 5.41) is 1.26. The van der Waals surface area contributed by atoms with E-state index >= 15 is 0 Å². The number of carbonyl (C=O) groups excluding carboxylic acids is 1. The summed E-state index contributed by atoms with van der Waals surface area (Å²) in [6.45, 7) is 9.83. The van der Waals surface area contributed by atoms with Gasteiger partial charge in [-0.05, 0) is 61.9 Å². The first kappa shape index (κ1) is 22.0. The quantitative estimate of drug-likeness (QED) is 0.480. The predicted octanol–water partition coefficient (Wildman–Crippen LogP) is 5.98. The molecule has 2 aliphatic rings. The lowest BCUT2D eigenvalue weighted by atomic mass is 10.1. The third kappa shape index (κ3) is 4.51. The summed E-state index contributed by atoms with van der Waals surface area (Å²) in [5.74, 6) is 0.182. The molecule has 4 nitrogen and oxygen atoms in total. The minimum absolute atomic E-state index is 0.182. The molecule has 0 unspecified atom stereocenters. The smallest absolute Gasteiger partial charge is 0.264 e. The number of aryl methyl sites for hydroxylation is 1. The van der Waals surface area contributed by atoms with E-state index < -0.39 is 0 Å². The fourth-order valence-corrected chi connectivity index (χ4v) is 6.23. The van der Waals surface area contributed by atoms with Crippen LogP contribution < -0.4 is 9.80 Å². The van der Waals surface area contributed by atoms with Crippen molar-refractivity contribution < 1.29 is 4.79 Å². The number of hydrogen-bond donors (Lipinski definition) is 0. The van der Waals surface area contributed by atoms with Crippen molar-refractivity contribution in [2.75, 3.05) is 49.1 Å². The van der Waals surface area contributed by atoms with E-state index in [1.807, 2.05) is 4.90 Å². The van der Waals surface area contributed by atoms with Crippen LogP contribution in [0.2, 0.25) is 0 Å². The molecule has 0 bridgehead atoms. The fraction of sp³-hybridized carbons (Fsp3) is 0.393. The summed E-state index contributed by atoms with van der Waals surface area (Å²) < 4.78 is 0. The second kappa shape index (κ2) is 9.60. The van der Waals surface area contributed by atoms with E-state index in [2.05, 4.69) is 78.2 Å². The van der Waals surface area contributed by atoms with Gasteiger partial charge in [-0.15, -0.1) is 11.3 Å². The highest BCUT2D eigenvalue weighted by atomic mass is 32.1. The zero-order chi connectivity index (χ0) is 22.8. The van der Waals surface area contributed by atoms with Crippen LogP contribution in [-0.2, 0) is 0 Å². The summed E-state index contributed by atoms with van der Waals surface area (Å²) in [4.78, 5) is 21.4. The van der Waals surface area contributed by atoms with E-state index in [1.54, 1.807) is 11.3 Å². The summed E-state index contributed by atoms with van der Waals surface area (Å²) in [5.41, 5.74) is 6.38. The highest BCUT2D eigenvalue weighted by Crippen LogP contribution is 2.40. The third-order valence-corrected chi connectivity index (χ3v) is 8.32. The third-order valence-electron chi connectivity index (χ3n) is 7.13. The minimum Gasteiger partial charge on any atom is -0.368 e. The first-order valence-electron chi connectivity index (χ1n) is 12.2. The Kier molecular flexibility index (Phi) is 6.41. The largest absolute Gasteiger partial charge is 0.368 e. The van der Waals surface area contributed by atoms with E-state index in [0.29, 0.717) is 0 Å². The first-order valence-corrected chi connectivity index (χ1v) is 13.0. The molecule has 2 saturated heterocycles. The molecule has 0 spiro atoms. The summed E-state index contributed by atoms with van der Waals surface area (Å²) in [6, 6.07) is 19.2. The molecule has 33 heavy (non-hydrogen) atoms. The number of nitrogens with zero attached hydrogens (tertiary/aromatic N) is 3. The zero-order valence-electron chi connectivity index (χ0n) is 19.7. The Labute approximate surface area is 201 Å². The maximum Gasteiger partial charge on any atom is 0.264 e. The van der Waals surface area contributed by atoms with Gasteiger partial charge in [-0.25, -0.2) is 0 Å². The Hall–Kier alpha value is -2.79. The van der Waals surface area contributed by atoms with Crippen LogP contribution in [0.3, 0.4) is 0 Å². The maximum atomic E-state index is 13.5.